The minimum atomic E-state index is -0.785. The highest BCUT2D eigenvalue weighted by atomic mass is 32.1. The average Bonchev–Trinajstić information content (AvgIpc) is 3.22. The molecule has 1 aromatic heterocycles. The molecule has 3 rings (SSSR count). The van der Waals surface area contributed by atoms with Crippen LogP contribution >= 0.6 is 11.3 Å². The molecule has 156 valence electrons. The third-order valence-corrected chi connectivity index (χ3v) is 5.10. The quantitative estimate of drug-likeness (QED) is 0.563. The molecule has 0 aliphatic carbocycles. The Kier molecular flexibility index (Phi) is 6.97. The Hall–Kier alpha value is -3.46. The van der Waals surface area contributed by atoms with E-state index in [1.54, 1.807) is 30.3 Å². The van der Waals surface area contributed by atoms with E-state index >= 15 is 0 Å². The van der Waals surface area contributed by atoms with E-state index in [1.165, 1.54) is 37.7 Å². The van der Waals surface area contributed by atoms with Crippen LogP contribution in [0.25, 0.3) is 10.6 Å². The summed E-state index contributed by atoms with van der Waals surface area (Å²) in [6, 6.07) is 10.9. The summed E-state index contributed by atoms with van der Waals surface area (Å²) >= 11 is 1.43. The van der Waals surface area contributed by atoms with Crippen LogP contribution in [-0.4, -0.2) is 37.6 Å². The van der Waals surface area contributed by atoms with Crippen LogP contribution in [0.5, 0.6) is 11.5 Å². The van der Waals surface area contributed by atoms with E-state index in [0.29, 0.717) is 23.6 Å². The number of halogens is 1. The van der Waals surface area contributed by atoms with E-state index in [4.69, 9.17) is 9.47 Å². The van der Waals surface area contributed by atoms with Gasteiger partial charge in [-0.25, -0.2) is 9.37 Å². The molecular weight excluding hydrogens is 409 g/mol. The SMILES string of the molecule is COc1ccc(NC(=O)C(=O)NCCc2csc(-c3ccc(F)cc3)n2)cc1OC. The van der Waals surface area contributed by atoms with E-state index in [1.807, 2.05) is 5.38 Å². The Morgan fingerprint density at radius 1 is 1.03 bits per heavy atom. The second-order valence-corrected chi connectivity index (χ2v) is 7.04. The van der Waals surface area contributed by atoms with E-state index in [-0.39, 0.29) is 12.4 Å². The number of carbonyl (C=O) groups is 2. The standard InChI is InChI=1S/C21H20FN3O4S/c1-28-17-8-7-15(11-18(17)29-2)24-20(27)19(26)23-10-9-16-12-30-21(25-16)13-3-5-14(22)6-4-13/h3-8,11-12H,9-10H2,1-2H3,(H,23,26)(H,24,27). The van der Waals surface area contributed by atoms with Crippen molar-refractivity contribution in [2.75, 3.05) is 26.1 Å². The average molecular weight is 429 g/mol. The van der Waals surface area contributed by atoms with Crippen molar-refractivity contribution in [1.29, 1.82) is 0 Å². The second-order valence-electron chi connectivity index (χ2n) is 6.18. The number of nitrogens with one attached hydrogen (secondary N) is 2. The van der Waals surface area contributed by atoms with Crippen LogP contribution in [0.15, 0.2) is 47.8 Å². The first kappa shape index (κ1) is 21.3. The van der Waals surface area contributed by atoms with Gasteiger partial charge in [0.2, 0.25) is 0 Å². The molecule has 3 aromatic rings. The molecular formula is C21H20FN3O4S. The number of thiazole rings is 1. The van der Waals surface area contributed by atoms with Crippen LogP contribution in [0.2, 0.25) is 0 Å². The lowest BCUT2D eigenvalue weighted by atomic mass is 10.2. The zero-order chi connectivity index (χ0) is 21.5. The van der Waals surface area contributed by atoms with Gasteiger partial charge in [-0.1, -0.05) is 0 Å². The van der Waals surface area contributed by atoms with Crippen molar-refractivity contribution in [3.05, 3.63) is 59.4 Å². The summed E-state index contributed by atoms with van der Waals surface area (Å²) in [5.41, 5.74) is 2.02. The molecule has 2 N–H and O–H groups in total. The Morgan fingerprint density at radius 2 is 1.77 bits per heavy atom. The number of rotatable bonds is 7. The number of methoxy groups -OCH3 is 2. The van der Waals surface area contributed by atoms with Crippen molar-refractivity contribution in [2.24, 2.45) is 0 Å². The van der Waals surface area contributed by atoms with Gasteiger partial charge in [0.15, 0.2) is 11.5 Å². The molecule has 0 saturated heterocycles. The summed E-state index contributed by atoms with van der Waals surface area (Å²) < 4.78 is 23.3. The summed E-state index contributed by atoms with van der Waals surface area (Å²) in [7, 11) is 2.99. The van der Waals surface area contributed by atoms with Gasteiger partial charge >= 0.3 is 11.8 Å². The van der Waals surface area contributed by atoms with Gasteiger partial charge < -0.3 is 20.1 Å². The van der Waals surface area contributed by atoms with Crippen LogP contribution in [0.4, 0.5) is 10.1 Å². The lowest BCUT2D eigenvalue weighted by Crippen LogP contribution is -2.36. The van der Waals surface area contributed by atoms with Crippen molar-refractivity contribution in [3.63, 3.8) is 0 Å². The van der Waals surface area contributed by atoms with Gasteiger partial charge in [-0.2, -0.15) is 0 Å². The van der Waals surface area contributed by atoms with Gasteiger partial charge in [0.25, 0.3) is 0 Å². The van der Waals surface area contributed by atoms with E-state index in [9.17, 15) is 14.0 Å². The van der Waals surface area contributed by atoms with Crippen LogP contribution < -0.4 is 20.1 Å². The van der Waals surface area contributed by atoms with Gasteiger partial charge in [-0.05, 0) is 36.4 Å². The molecule has 9 heteroatoms. The Balaban J connectivity index is 1.50. The summed E-state index contributed by atoms with van der Waals surface area (Å²) in [4.78, 5) is 28.6. The molecule has 0 aliphatic rings. The minimum absolute atomic E-state index is 0.255. The molecule has 0 unspecified atom stereocenters. The van der Waals surface area contributed by atoms with Crippen LogP contribution in [-0.2, 0) is 16.0 Å². The number of nitrogens with zero attached hydrogens (tertiary/aromatic N) is 1. The van der Waals surface area contributed by atoms with Gasteiger partial charge in [0.05, 0.1) is 19.9 Å². The summed E-state index contributed by atoms with van der Waals surface area (Å²) in [6.45, 7) is 0.255. The van der Waals surface area contributed by atoms with Crippen LogP contribution in [0.3, 0.4) is 0 Å². The number of ether oxygens (including phenoxy) is 2. The molecule has 0 radical (unpaired) electrons. The normalized spacial score (nSPS) is 10.4. The van der Waals surface area contributed by atoms with E-state index < -0.39 is 11.8 Å². The Morgan fingerprint density at radius 3 is 2.47 bits per heavy atom. The highest BCUT2D eigenvalue weighted by Gasteiger charge is 2.15. The molecule has 30 heavy (non-hydrogen) atoms. The van der Waals surface area contributed by atoms with Crippen molar-refractivity contribution >= 4 is 28.8 Å². The van der Waals surface area contributed by atoms with Gasteiger partial charge in [-0.3, -0.25) is 9.59 Å². The molecule has 7 nitrogen and oxygen atoms in total. The van der Waals surface area contributed by atoms with Crippen LogP contribution in [0, 0.1) is 5.82 Å². The fourth-order valence-electron chi connectivity index (χ4n) is 2.63. The fourth-order valence-corrected chi connectivity index (χ4v) is 3.49. The third kappa shape index (κ3) is 5.32. The highest BCUT2D eigenvalue weighted by Crippen LogP contribution is 2.29. The molecule has 0 bridgehead atoms. The first-order valence-corrected chi connectivity index (χ1v) is 9.89. The predicted molar refractivity (Wildman–Crippen MR) is 112 cm³/mol. The third-order valence-electron chi connectivity index (χ3n) is 4.16. The number of amides is 2. The molecule has 0 fully saturated rings. The first-order chi connectivity index (χ1) is 14.5. The molecule has 0 aliphatic heterocycles. The van der Waals surface area contributed by atoms with Crippen molar-refractivity contribution in [2.45, 2.75) is 6.42 Å². The van der Waals surface area contributed by atoms with Gasteiger partial charge in [-0.15, -0.1) is 11.3 Å². The van der Waals surface area contributed by atoms with Gasteiger partial charge in [0, 0.05) is 35.7 Å². The molecule has 1 heterocycles. The summed E-state index contributed by atoms with van der Waals surface area (Å²) in [6.07, 6.45) is 0.465. The fraction of sp³-hybridized carbons (Fsp3) is 0.190. The van der Waals surface area contributed by atoms with Gasteiger partial charge in [0.1, 0.15) is 10.8 Å². The monoisotopic (exact) mass is 429 g/mol. The number of aromatic nitrogens is 1. The second kappa shape index (κ2) is 9.84. The smallest absolute Gasteiger partial charge is 0.313 e. The molecule has 2 amide bonds. The number of hydrogen-bond acceptors (Lipinski definition) is 6. The topological polar surface area (TPSA) is 89.5 Å². The number of anilines is 1. The molecule has 0 saturated carbocycles. The lowest BCUT2D eigenvalue weighted by molar-refractivity contribution is -0.136. The Labute approximate surface area is 176 Å². The molecule has 0 spiro atoms. The summed E-state index contributed by atoms with van der Waals surface area (Å²) in [5, 5.41) is 7.72. The van der Waals surface area contributed by atoms with Crippen LogP contribution in [0.1, 0.15) is 5.69 Å². The maximum atomic E-state index is 13.0. The van der Waals surface area contributed by atoms with E-state index in [2.05, 4.69) is 15.6 Å². The number of carbonyl (C=O) groups excluding carboxylic acids is 2. The molecule has 0 atom stereocenters. The highest BCUT2D eigenvalue weighted by molar-refractivity contribution is 7.13. The largest absolute Gasteiger partial charge is 0.493 e. The van der Waals surface area contributed by atoms with Crippen molar-refractivity contribution in [3.8, 4) is 22.1 Å². The van der Waals surface area contributed by atoms with E-state index in [0.717, 1.165) is 16.3 Å². The first-order valence-electron chi connectivity index (χ1n) is 9.01. The maximum absolute atomic E-state index is 13.0. The zero-order valence-electron chi connectivity index (χ0n) is 16.4. The summed E-state index contributed by atoms with van der Waals surface area (Å²) in [5.74, 6) is -0.879. The number of benzene rings is 2. The maximum Gasteiger partial charge on any atom is 0.313 e. The predicted octanol–water partition coefficient (Wildman–Crippen LogP) is 3.26. The Bertz CT molecular complexity index is 1040. The lowest BCUT2D eigenvalue weighted by Gasteiger charge is -2.10. The molecule has 2 aromatic carbocycles. The minimum Gasteiger partial charge on any atom is -0.493 e. The van der Waals surface area contributed by atoms with Crippen molar-refractivity contribution in [1.82, 2.24) is 10.3 Å². The number of hydrogen-bond donors (Lipinski definition) is 2. The zero-order valence-corrected chi connectivity index (χ0v) is 17.2. The van der Waals surface area contributed by atoms with Crippen molar-refractivity contribution < 1.29 is 23.5 Å².